The van der Waals surface area contributed by atoms with E-state index in [1.165, 1.54) is 18.2 Å². The van der Waals surface area contributed by atoms with Crippen LogP contribution in [-0.2, 0) is 14.6 Å². The van der Waals surface area contributed by atoms with Crippen molar-refractivity contribution in [3.8, 4) is 0 Å². The van der Waals surface area contributed by atoms with E-state index < -0.39 is 15.7 Å². The molecule has 0 aliphatic carbocycles. The number of amidine groups is 1. The largest absolute Gasteiger partial charge is 0.409 e. The molecule has 10 nitrogen and oxygen atoms in total. The number of nitrogens with zero attached hydrogens (tertiary/aromatic N) is 3. The molecule has 1 fully saturated rings. The Morgan fingerprint density at radius 3 is 2.80 bits per heavy atom. The first-order valence-electron chi connectivity index (χ1n) is 9.21. The molecule has 3 N–H and O–H groups in total. The van der Waals surface area contributed by atoms with Crippen LogP contribution in [0.2, 0.25) is 0 Å². The molecule has 13 heteroatoms. The molecule has 1 saturated heterocycles. The van der Waals surface area contributed by atoms with Gasteiger partial charge in [0.05, 0.1) is 15.5 Å². The van der Waals surface area contributed by atoms with Gasteiger partial charge in [-0.25, -0.2) is 17.4 Å². The molecule has 2 heterocycles. The third kappa shape index (κ3) is 5.67. The fourth-order valence-electron chi connectivity index (χ4n) is 2.98. The Labute approximate surface area is 180 Å². The Morgan fingerprint density at radius 2 is 2.10 bits per heavy atom. The lowest BCUT2D eigenvalue weighted by Crippen LogP contribution is -2.31. The summed E-state index contributed by atoms with van der Waals surface area (Å²) in [4.78, 5) is 0. The number of anilines is 2. The number of hydrogen-bond donors (Lipinski definition) is 3. The molecule has 1 aliphatic heterocycles. The van der Waals surface area contributed by atoms with Gasteiger partial charge in [-0.05, 0) is 63.7 Å². The van der Waals surface area contributed by atoms with Crippen molar-refractivity contribution in [1.29, 1.82) is 0 Å². The summed E-state index contributed by atoms with van der Waals surface area (Å²) in [5.74, 6) is -0.301. The van der Waals surface area contributed by atoms with E-state index in [4.69, 9.17) is 9.37 Å². The lowest BCUT2D eigenvalue weighted by Gasteiger charge is -2.22. The van der Waals surface area contributed by atoms with Gasteiger partial charge >= 0.3 is 0 Å². The molecular formula is C17H21BrFN5O5S. The summed E-state index contributed by atoms with van der Waals surface area (Å²) in [6.07, 6.45) is 1.40. The second-order valence-corrected chi connectivity index (χ2v) is 9.88. The number of benzene rings is 1. The second-order valence-electron chi connectivity index (χ2n) is 6.62. The van der Waals surface area contributed by atoms with Gasteiger partial charge in [0.25, 0.3) is 0 Å². The molecule has 2 aromatic rings. The zero-order valence-corrected chi connectivity index (χ0v) is 18.2. The summed E-state index contributed by atoms with van der Waals surface area (Å²) in [5.41, 5.74) is 0.526. The fraction of sp³-hybridized carbons (Fsp3) is 0.471. The maximum absolute atomic E-state index is 13.4. The average Bonchev–Trinajstić information content (AvgIpc) is 3.21. The lowest BCUT2D eigenvalue weighted by molar-refractivity contribution is 0.0983. The van der Waals surface area contributed by atoms with Gasteiger partial charge < -0.3 is 20.6 Å². The smallest absolute Gasteiger partial charge is 0.203 e. The zero-order valence-electron chi connectivity index (χ0n) is 15.8. The maximum atomic E-state index is 13.4. The van der Waals surface area contributed by atoms with Gasteiger partial charge in [-0.2, -0.15) is 0 Å². The molecule has 0 saturated carbocycles. The van der Waals surface area contributed by atoms with E-state index in [9.17, 15) is 18.0 Å². The van der Waals surface area contributed by atoms with E-state index in [2.05, 4.69) is 42.0 Å². The molecule has 30 heavy (non-hydrogen) atoms. The van der Waals surface area contributed by atoms with Crippen molar-refractivity contribution in [2.24, 2.45) is 5.16 Å². The van der Waals surface area contributed by atoms with Crippen molar-refractivity contribution in [2.45, 2.75) is 24.5 Å². The third-order valence-electron chi connectivity index (χ3n) is 4.57. The van der Waals surface area contributed by atoms with Crippen LogP contribution >= 0.6 is 15.9 Å². The standard InChI is InChI=1S/C17H21BrFN5O5S/c18-13-10-11(2-3-14(13)19)21-17(22-25)15-16(24-29-23-15)20-6-1-9-30(26,27)12-4-7-28-8-5-12/h2-3,10,12,25H,1,4-9H2,(H,20,24)(H,21,22). The van der Waals surface area contributed by atoms with Gasteiger partial charge in [-0.15, -0.1) is 0 Å². The number of nitrogens with one attached hydrogen (secondary N) is 2. The van der Waals surface area contributed by atoms with Crippen LogP contribution in [0.3, 0.4) is 0 Å². The second kappa shape index (κ2) is 10.2. The molecule has 0 amide bonds. The molecule has 1 aliphatic rings. The van der Waals surface area contributed by atoms with Crippen molar-refractivity contribution in [2.75, 3.05) is 36.1 Å². The summed E-state index contributed by atoms with van der Waals surface area (Å²) < 4.78 is 48.3. The van der Waals surface area contributed by atoms with Crippen molar-refractivity contribution in [3.05, 3.63) is 34.2 Å². The summed E-state index contributed by atoms with van der Waals surface area (Å²) in [6, 6.07) is 4.15. The van der Waals surface area contributed by atoms with Crippen LogP contribution in [0.15, 0.2) is 32.5 Å². The van der Waals surface area contributed by atoms with Crippen LogP contribution in [0.25, 0.3) is 0 Å². The quantitative estimate of drug-likeness (QED) is 0.162. The number of halogens is 2. The number of aromatic nitrogens is 2. The number of oxime groups is 1. The van der Waals surface area contributed by atoms with Gasteiger partial charge in [0.15, 0.2) is 15.5 Å². The molecule has 164 valence electrons. The molecule has 1 aromatic carbocycles. The predicted octanol–water partition coefficient (Wildman–Crippen LogP) is 2.61. The molecule has 0 spiro atoms. The zero-order chi connectivity index (χ0) is 21.6. The van der Waals surface area contributed by atoms with E-state index in [-0.39, 0.29) is 32.8 Å². The Balaban J connectivity index is 1.57. The van der Waals surface area contributed by atoms with Gasteiger partial charge in [-0.3, -0.25) is 0 Å². The van der Waals surface area contributed by atoms with E-state index in [1.54, 1.807) is 0 Å². The topological polar surface area (TPSA) is 139 Å². The van der Waals surface area contributed by atoms with E-state index in [1.807, 2.05) is 0 Å². The van der Waals surface area contributed by atoms with E-state index >= 15 is 0 Å². The van der Waals surface area contributed by atoms with E-state index in [0.717, 1.165) is 0 Å². The number of sulfone groups is 1. The third-order valence-corrected chi connectivity index (χ3v) is 7.52. The highest BCUT2D eigenvalue weighted by molar-refractivity contribution is 9.10. The van der Waals surface area contributed by atoms with Crippen molar-refractivity contribution in [1.82, 2.24) is 10.3 Å². The van der Waals surface area contributed by atoms with Crippen molar-refractivity contribution in [3.63, 3.8) is 0 Å². The maximum Gasteiger partial charge on any atom is 0.203 e. The normalized spacial score (nSPS) is 15.9. The highest BCUT2D eigenvalue weighted by Gasteiger charge is 2.27. The molecule has 0 bridgehead atoms. The van der Waals surface area contributed by atoms with Gasteiger partial charge in [0.1, 0.15) is 5.82 Å². The lowest BCUT2D eigenvalue weighted by atomic mass is 10.2. The Hall–Kier alpha value is -2.25. The van der Waals surface area contributed by atoms with Crippen LogP contribution in [0.4, 0.5) is 15.9 Å². The first-order valence-corrected chi connectivity index (χ1v) is 11.7. The van der Waals surface area contributed by atoms with Gasteiger partial charge in [0, 0.05) is 25.4 Å². The van der Waals surface area contributed by atoms with Crippen LogP contribution in [0.5, 0.6) is 0 Å². The monoisotopic (exact) mass is 505 g/mol. The van der Waals surface area contributed by atoms with Crippen LogP contribution in [0, 0.1) is 5.82 Å². The van der Waals surface area contributed by atoms with Crippen LogP contribution in [-0.4, -0.2) is 60.5 Å². The molecule has 0 radical (unpaired) electrons. The predicted molar refractivity (Wildman–Crippen MR) is 111 cm³/mol. The number of hydrogen-bond acceptors (Lipinski definition) is 9. The van der Waals surface area contributed by atoms with Crippen LogP contribution < -0.4 is 10.6 Å². The summed E-state index contributed by atoms with van der Waals surface area (Å²) in [5, 5.41) is 25.3. The van der Waals surface area contributed by atoms with E-state index in [0.29, 0.717) is 44.7 Å². The van der Waals surface area contributed by atoms with Gasteiger partial charge in [0.2, 0.25) is 11.7 Å². The summed E-state index contributed by atoms with van der Waals surface area (Å²) >= 11 is 3.08. The van der Waals surface area contributed by atoms with Crippen molar-refractivity contribution < 1.29 is 27.4 Å². The fourth-order valence-corrected chi connectivity index (χ4v) is 5.15. The van der Waals surface area contributed by atoms with Crippen molar-refractivity contribution >= 4 is 43.1 Å². The summed E-state index contributed by atoms with van der Waals surface area (Å²) in [6.45, 7) is 1.23. The van der Waals surface area contributed by atoms with Gasteiger partial charge in [-0.1, -0.05) is 5.16 Å². The Bertz CT molecular complexity index is 994. The molecule has 0 unspecified atom stereocenters. The molecule has 0 atom stereocenters. The summed E-state index contributed by atoms with van der Waals surface area (Å²) in [7, 11) is -3.19. The highest BCUT2D eigenvalue weighted by Crippen LogP contribution is 2.22. The Morgan fingerprint density at radius 1 is 1.33 bits per heavy atom. The number of ether oxygens (including phenoxy) is 1. The SMILES string of the molecule is O=S(=O)(CCCNc1nonc1C(=NO)Nc1ccc(F)c(Br)c1)C1CCOCC1. The minimum Gasteiger partial charge on any atom is -0.409 e. The highest BCUT2D eigenvalue weighted by atomic mass is 79.9. The number of rotatable bonds is 8. The van der Waals surface area contributed by atoms with Crippen LogP contribution in [0.1, 0.15) is 25.0 Å². The first kappa shape index (κ1) is 22.4. The molecule has 1 aromatic heterocycles. The first-order chi connectivity index (χ1) is 14.4. The minimum absolute atomic E-state index is 0.0358. The molecule has 3 rings (SSSR count). The minimum atomic E-state index is -3.19. The molecular weight excluding hydrogens is 485 g/mol. The Kier molecular flexibility index (Phi) is 7.61. The average molecular weight is 506 g/mol.